The molecule has 3 rings (SSSR count). The molecule has 1 heterocycles. The summed E-state index contributed by atoms with van der Waals surface area (Å²) in [5.41, 5.74) is 1.81. The molecule has 0 saturated heterocycles. The highest BCUT2D eigenvalue weighted by Gasteiger charge is 2.14. The Morgan fingerprint density at radius 3 is 2.68 bits per heavy atom. The van der Waals surface area contributed by atoms with E-state index in [1.165, 1.54) is 25.6 Å². The van der Waals surface area contributed by atoms with Crippen molar-refractivity contribution in [3.8, 4) is 5.75 Å². The highest BCUT2D eigenvalue weighted by molar-refractivity contribution is 7.98. The van der Waals surface area contributed by atoms with Gasteiger partial charge in [-0.25, -0.2) is 4.79 Å². The number of benzene rings is 2. The zero-order chi connectivity index (χ0) is 20.1. The molecule has 0 bridgehead atoms. The van der Waals surface area contributed by atoms with E-state index in [9.17, 15) is 9.59 Å². The largest absolute Gasteiger partial charge is 0.496 e. The van der Waals surface area contributed by atoms with Crippen LogP contribution in [0.5, 0.6) is 5.75 Å². The van der Waals surface area contributed by atoms with Crippen molar-refractivity contribution in [1.29, 1.82) is 0 Å². The Balaban J connectivity index is 2.13. The third-order valence-corrected chi connectivity index (χ3v) is 5.79. The maximum absolute atomic E-state index is 12.8. The van der Waals surface area contributed by atoms with Gasteiger partial charge in [0.05, 0.1) is 35.6 Å². The van der Waals surface area contributed by atoms with E-state index in [1.54, 1.807) is 42.1 Å². The zero-order valence-electron chi connectivity index (χ0n) is 15.8. The van der Waals surface area contributed by atoms with Crippen molar-refractivity contribution in [2.24, 2.45) is 4.99 Å². The standard InChI is InChI=1S/C20H20N2O4S2/c1-25-16-7-5-4-6-14(16)18(23)21-20-22(10-11-27-3)15-9-8-13(19(24)26-2)12-17(15)28-20/h4-9,12H,10-11H2,1-3H3. The molecular weight excluding hydrogens is 396 g/mol. The average Bonchev–Trinajstić information content (AvgIpc) is 3.07. The number of amides is 1. The van der Waals surface area contributed by atoms with Crippen molar-refractivity contribution < 1.29 is 19.1 Å². The molecule has 28 heavy (non-hydrogen) atoms. The lowest BCUT2D eigenvalue weighted by atomic mass is 10.2. The molecule has 146 valence electrons. The molecule has 0 aliphatic carbocycles. The van der Waals surface area contributed by atoms with Crippen LogP contribution in [0.4, 0.5) is 0 Å². The first-order chi connectivity index (χ1) is 13.6. The van der Waals surface area contributed by atoms with Crippen LogP contribution in [0, 0.1) is 0 Å². The Labute approximate surface area is 170 Å². The number of rotatable bonds is 6. The van der Waals surface area contributed by atoms with E-state index in [1.807, 2.05) is 23.0 Å². The number of ether oxygens (including phenoxy) is 2. The number of aromatic nitrogens is 1. The summed E-state index contributed by atoms with van der Waals surface area (Å²) in [5.74, 6) is 0.603. The number of para-hydroxylation sites is 1. The molecule has 0 fully saturated rings. The molecule has 0 N–H and O–H groups in total. The van der Waals surface area contributed by atoms with Gasteiger partial charge in [0, 0.05) is 12.3 Å². The van der Waals surface area contributed by atoms with E-state index in [4.69, 9.17) is 9.47 Å². The average molecular weight is 417 g/mol. The molecule has 0 aliphatic heterocycles. The highest BCUT2D eigenvalue weighted by Crippen LogP contribution is 2.22. The fraction of sp³-hybridized carbons (Fsp3) is 0.250. The van der Waals surface area contributed by atoms with Crippen molar-refractivity contribution in [1.82, 2.24) is 4.57 Å². The van der Waals surface area contributed by atoms with Crippen LogP contribution < -0.4 is 9.54 Å². The van der Waals surface area contributed by atoms with Gasteiger partial charge in [0.25, 0.3) is 5.91 Å². The molecule has 6 nitrogen and oxygen atoms in total. The van der Waals surface area contributed by atoms with E-state index < -0.39 is 5.97 Å². The zero-order valence-corrected chi connectivity index (χ0v) is 17.4. The van der Waals surface area contributed by atoms with Crippen LogP contribution in [0.15, 0.2) is 47.5 Å². The monoisotopic (exact) mass is 416 g/mol. The lowest BCUT2D eigenvalue weighted by Crippen LogP contribution is -2.18. The number of thiazole rings is 1. The van der Waals surface area contributed by atoms with Crippen molar-refractivity contribution in [3.63, 3.8) is 0 Å². The molecule has 0 atom stereocenters. The number of aryl methyl sites for hydroxylation is 1. The van der Waals surface area contributed by atoms with Crippen LogP contribution in [0.2, 0.25) is 0 Å². The molecule has 3 aromatic rings. The van der Waals surface area contributed by atoms with Gasteiger partial charge in [0.15, 0.2) is 4.80 Å². The number of fused-ring (bicyclic) bond motifs is 1. The number of carbonyl (C=O) groups excluding carboxylic acids is 2. The van der Waals surface area contributed by atoms with Gasteiger partial charge in [-0.15, -0.1) is 0 Å². The molecule has 8 heteroatoms. The molecule has 0 aliphatic rings. The fourth-order valence-corrected chi connectivity index (χ4v) is 4.23. The number of methoxy groups -OCH3 is 2. The minimum Gasteiger partial charge on any atom is -0.496 e. The molecular formula is C20H20N2O4S2. The topological polar surface area (TPSA) is 69.9 Å². The summed E-state index contributed by atoms with van der Waals surface area (Å²) >= 11 is 3.08. The normalized spacial score (nSPS) is 11.6. The van der Waals surface area contributed by atoms with Crippen LogP contribution in [0.3, 0.4) is 0 Å². The predicted octanol–water partition coefficient (Wildman–Crippen LogP) is 3.60. The lowest BCUT2D eigenvalue weighted by molar-refractivity contribution is 0.0601. The molecule has 1 amide bonds. The Hall–Kier alpha value is -2.58. The quantitative estimate of drug-likeness (QED) is 0.574. The second-order valence-corrected chi connectivity index (χ2v) is 7.82. The maximum Gasteiger partial charge on any atom is 0.337 e. The molecule has 0 unspecified atom stereocenters. The lowest BCUT2D eigenvalue weighted by Gasteiger charge is -2.05. The van der Waals surface area contributed by atoms with Gasteiger partial charge >= 0.3 is 5.97 Å². The van der Waals surface area contributed by atoms with Gasteiger partial charge in [-0.2, -0.15) is 16.8 Å². The SMILES string of the molecule is COC(=O)c1ccc2c(c1)sc(=NC(=O)c1ccccc1OC)n2CCSC. The molecule has 0 saturated carbocycles. The Kier molecular flexibility index (Phi) is 6.53. The Morgan fingerprint density at radius 2 is 1.96 bits per heavy atom. The van der Waals surface area contributed by atoms with Gasteiger partial charge in [-0.05, 0) is 36.6 Å². The third kappa shape index (κ3) is 4.13. The Bertz CT molecular complexity index is 1090. The van der Waals surface area contributed by atoms with Gasteiger partial charge < -0.3 is 14.0 Å². The molecule has 0 radical (unpaired) electrons. The van der Waals surface area contributed by atoms with Crippen LogP contribution in [0.25, 0.3) is 10.2 Å². The summed E-state index contributed by atoms with van der Waals surface area (Å²) in [7, 11) is 2.88. The number of hydrogen-bond acceptors (Lipinski definition) is 6. The predicted molar refractivity (Wildman–Crippen MR) is 112 cm³/mol. The summed E-state index contributed by atoms with van der Waals surface area (Å²) < 4.78 is 12.9. The van der Waals surface area contributed by atoms with Crippen LogP contribution >= 0.6 is 23.1 Å². The number of hydrogen-bond donors (Lipinski definition) is 0. The second-order valence-electron chi connectivity index (χ2n) is 5.82. The molecule has 0 spiro atoms. The van der Waals surface area contributed by atoms with Gasteiger partial charge in [0.1, 0.15) is 5.75 Å². The summed E-state index contributed by atoms with van der Waals surface area (Å²) in [4.78, 5) is 29.6. The number of esters is 1. The number of nitrogens with zero attached hydrogens (tertiary/aromatic N) is 2. The Morgan fingerprint density at radius 1 is 1.18 bits per heavy atom. The third-order valence-electron chi connectivity index (χ3n) is 4.16. The van der Waals surface area contributed by atoms with Crippen molar-refractivity contribution in [3.05, 3.63) is 58.4 Å². The summed E-state index contributed by atoms with van der Waals surface area (Å²) in [6.07, 6.45) is 2.03. The number of thioether (sulfide) groups is 1. The van der Waals surface area contributed by atoms with E-state index in [0.29, 0.717) is 28.2 Å². The first-order valence-corrected chi connectivity index (χ1v) is 10.7. The van der Waals surface area contributed by atoms with Crippen LogP contribution in [-0.4, -0.2) is 42.7 Å². The second kappa shape index (κ2) is 9.07. The molecule has 2 aromatic carbocycles. The van der Waals surface area contributed by atoms with E-state index in [0.717, 1.165) is 16.0 Å². The van der Waals surface area contributed by atoms with Gasteiger partial charge in [-0.1, -0.05) is 23.5 Å². The van der Waals surface area contributed by atoms with E-state index in [2.05, 4.69) is 4.99 Å². The fourth-order valence-electron chi connectivity index (χ4n) is 2.77. The highest BCUT2D eigenvalue weighted by atomic mass is 32.2. The minimum absolute atomic E-state index is 0.366. The van der Waals surface area contributed by atoms with E-state index in [-0.39, 0.29) is 5.91 Å². The van der Waals surface area contributed by atoms with Gasteiger partial charge in [-0.3, -0.25) is 4.79 Å². The summed E-state index contributed by atoms with van der Waals surface area (Å²) in [6, 6.07) is 12.4. The smallest absolute Gasteiger partial charge is 0.337 e. The van der Waals surface area contributed by atoms with Crippen molar-refractivity contribution in [2.75, 3.05) is 26.2 Å². The summed E-state index contributed by atoms with van der Waals surface area (Å²) in [5, 5.41) is 0. The van der Waals surface area contributed by atoms with E-state index >= 15 is 0 Å². The first kappa shape index (κ1) is 20.2. The van der Waals surface area contributed by atoms with Crippen molar-refractivity contribution in [2.45, 2.75) is 6.54 Å². The van der Waals surface area contributed by atoms with Crippen LogP contribution in [0.1, 0.15) is 20.7 Å². The maximum atomic E-state index is 12.8. The van der Waals surface area contributed by atoms with Gasteiger partial charge in [0.2, 0.25) is 0 Å². The summed E-state index contributed by atoms with van der Waals surface area (Å²) in [6.45, 7) is 0.705. The molecule has 1 aromatic heterocycles. The minimum atomic E-state index is -0.394. The first-order valence-electron chi connectivity index (χ1n) is 8.51. The number of carbonyl (C=O) groups is 2. The van der Waals surface area contributed by atoms with Crippen LogP contribution in [-0.2, 0) is 11.3 Å². The van der Waals surface area contributed by atoms with Crippen molar-refractivity contribution >= 4 is 45.2 Å².